The largest absolute Gasteiger partial charge is 0.494 e. The Bertz CT molecular complexity index is 636. The maximum atomic E-state index is 13.5. The molecule has 0 saturated heterocycles. The molecule has 0 amide bonds. The van der Waals surface area contributed by atoms with Crippen LogP contribution in [0.4, 0.5) is 10.1 Å². The van der Waals surface area contributed by atoms with E-state index in [4.69, 9.17) is 14.7 Å². The summed E-state index contributed by atoms with van der Waals surface area (Å²) in [6.45, 7) is 0.590. The van der Waals surface area contributed by atoms with Gasteiger partial charge < -0.3 is 14.8 Å². The molecule has 0 unspecified atom stereocenters. The van der Waals surface area contributed by atoms with Crippen LogP contribution in [-0.2, 0) is 6.54 Å². The van der Waals surface area contributed by atoms with Crippen molar-refractivity contribution in [1.29, 1.82) is 5.26 Å². The van der Waals surface area contributed by atoms with Gasteiger partial charge in [0.05, 0.1) is 7.11 Å². The molecule has 0 aliphatic carbocycles. The molecular formula is C16H15FN2O2. The fourth-order valence-electron chi connectivity index (χ4n) is 1.80. The molecule has 21 heavy (non-hydrogen) atoms. The number of anilines is 1. The molecule has 0 fully saturated rings. The van der Waals surface area contributed by atoms with Gasteiger partial charge in [-0.2, -0.15) is 5.26 Å². The van der Waals surface area contributed by atoms with Crippen molar-refractivity contribution in [2.24, 2.45) is 0 Å². The summed E-state index contributed by atoms with van der Waals surface area (Å²) in [5, 5.41) is 11.6. The van der Waals surface area contributed by atoms with Gasteiger partial charge in [-0.05, 0) is 29.8 Å². The van der Waals surface area contributed by atoms with Gasteiger partial charge in [-0.25, -0.2) is 4.39 Å². The van der Waals surface area contributed by atoms with Crippen LogP contribution in [-0.4, -0.2) is 13.7 Å². The molecule has 0 saturated carbocycles. The normalized spacial score (nSPS) is 9.76. The minimum absolute atomic E-state index is 0.0305. The Kier molecular flexibility index (Phi) is 4.99. The summed E-state index contributed by atoms with van der Waals surface area (Å²) in [6, 6.07) is 14.0. The first-order chi connectivity index (χ1) is 10.2. The highest BCUT2D eigenvalue weighted by Crippen LogP contribution is 2.21. The van der Waals surface area contributed by atoms with E-state index in [1.165, 1.54) is 13.2 Å². The smallest absolute Gasteiger partial charge is 0.174 e. The molecule has 2 aromatic carbocycles. The lowest BCUT2D eigenvalue weighted by Gasteiger charge is -2.09. The second kappa shape index (κ2) is 7.15. The van der Waals surface area contributed by atoms with Crippen LogP contribution in [0.2, 0.25) is 0 Å². The standard InChI is InChI=1S/C16H15FN2O2/c1-20-16-7-4-13(10-15(16)17)19-11-12-2-5-14(6-3-12)21-9-8-18/h2-7,10,19H,9,11H2,1H3. The number of nitriles is 1. The molecule has 108 valence electrons. The number of rotatable bonds is 6. The SMILES string of the molecule is COc1ccc(NCc2ccc(OCC#N)cc2)cc1F. The van der Waals surface area contributed by atoms with Gasteiger partial charge in [0.1, 0.15) is 11.8 Å². The maximum Gasteiger partial charge on any atom is 0.174 e. The van der Waals surface area contributed by atoms with Crippen molar-refractivity contribution >= 4 is 5.69 Å². The van der Waals surface area contributed by atoms with Crippen LogP contribution < -0.4 is 14.8 Å². The number of nitrogens with one attached hydrogen (secondary N) is 1. The summed E-state index contributed by atoms with van der Waals surface area (Å²) in [4.78, 5) is 0. The van der Waals surface area contributed by atoms with Crippen molar-refractivity contribution < 1.29 is 13.9 Å². The van der Waals surface area contributed by atoms with Crippen molar-refractivity contribution in [1.82, 2.24) is 0 Å². The number of benzene rings is 2. The Morgan fingerprint density at radius 1 is 1.19 bits per heavy atom. The summed E-state index contributed by atoms with van der Waals surface area (Å²) in [7, 11) is 1.43. The van der Waals surface area contributed by atoms with E-state index in [9.17, 15) is 4.39 Å². The monoisotopic (exact) mass is 286 g/mol. The zero-order valence-corrected chi connectivity index (χ0v) is 11.6. The van der Waals surface area contributed by atoms with Crippen molar-refractivity contribution in [3.63, 3.8) is 0 Å². The fraction of sp³-hybridized carbons (Fsp3) is 0.188. The molecule has 0 spiro atoms. The molecule has 0 heterocycles. The van der Waals surface area contributed by atoms with Gasteiger partial charge in [0.2, 0.25) is 0 Å². The molecule has 1 N–H and O–H groups in total. The Morgan fingerprint density at radius 3 is 2.57 bits per heavy atom. The molecular weight excluding hydrogens is 271 g/mol. The average Bonchev–Trinajstić information content (AvgIpc) is 2.52. The highest BCUT2D eigenvalue weighted by Gasteiger charge is 2.03. The van der Waals surface area contributed by atoms with E-state index in [1.54, 1.807) is 24.3 Å². The van der Waals surface area contributed by atoms with E-state index >= 15 is 0 Å². The van der Waals surface area contributed by atoms with Crippen LogP contribution in [0.3, 0.4) is 0 Å². The minimum Gasteiger partial charge on any atom is -0.494 e. The topological polar surface area (TPSA) is 54.3 Å². The summed E-state index contributed by atoms with van der Waals surface area (Å²) < 4.78 is 23.6. The summed E-state index contributed by atoms with van der Waals surface area (Å²) >= 11 is 0. The van der Waals surface area contributed by atoms with Crippen molar-refractivity contribution in [3.05, 3.63) is 53.8 Å². The van der Waals surface area contributed by atoms with Crippen molar-refractivity contribution in [3.8, 4) is 17.6 Å². The van der Waals surface area contributed by atoms with Crippen LogP contribution in [0.15, 0.2) is 42.5 Å². The lowest BCUT2D eigenvalue weighted by Crippen LogP contribution is -2.00. The van der Waals surface area contributed by atoms with Gasteiger partial charge in [-0.1, -0.05) is 12.1 Å². The Hall–Kier alpha value is -2.74. The predicted octanol–water partition coefficient (Wildman–Crippen LogP) is 3.35. The number of hydrogen-bond donors (Lipinski definition) is 1. The second-order valence-electron chi connectivity index (χ2n) is 4.29. The molecule has 2 rings (SSSR count). The molecule has 0 aliphatic rings. The fourth-order valence-corrected chi connectivity index (χ4v) is 1.80. The molecule has 2 aromatic rings. The Labute approximate surface area is 122 Å². The second-order valence-corrected chi connectivity index (χ2v) is 4.29. The Balaban J connectivity index is 1.93. The van der Waals surface area contributed by atoms with E-state index in [0.29, 0.717) is 18.0 Å². The highest BCUT2D eigenvalue weighted by molar-refractivity contribution is 5.47. The van der Waals surface area contributed by atoms with E-state index < -0.39 is 5.82 Å². The van der Waals surface area contributed by atoms with Gasteiger partial charge in [0.15, 0.2) is 18.2 Å². The van der Waals surface area contributed by atoms with Crippen LogP contribution >= 0.6 is 0 Å². The van der Waals surface area contributed by atoms with E-state index in [1.807, 2.05) is 18.2 Å². The summed E-state index contributed by atoms with van der Waals surface area (Å²) in [5.74, 6) is 0.470. The van der Waals surface area contributed by atoms with Crippen molar-refractivity contribution in [2.45, 2.75) is 6.54 Å². The van der Waals surface area contributed by atoms with Gasteiger partial charge >= 0.3 is 0 Å². The van der Waals surface area contributed by atoms with Crippen LogP contribution in [0, 0.1) is 17.1 Å². The Morgan fingerprint density at radius 2 is 1.95 bits per heavy atom. The van der Waals surface area contributed by atoms with Gasteiger partial charge in [0.25, 0.3) is 0 Å². The molecule has 0 aliphatic heterocycles. The van der Waals surface area contributed by atoms with E-state index in [2.05, 4.69) is 5.32 Å². The lowest BCUT2D eigenvalue weighted by atomic mass is 10.2. The molecule has 0 radical (unpaired) electrons. The van der Waals surface area contributed by atoms with E-state index in [0.717, 1.165) is 5.56 Å². The highest BCUT2D eigenvalue weighted by atomic mass is 19.1. The number of nitrogens with zero attached hydrogens (tertiary/aromatic N) is 1. The van der Waals surface area contributed by atoms with Crippen LogP contribution in [0.1, 0.15) is 5.56 Å². The molecule has 0 aromatic heterocycles. The predicted molar refractivity (Wildman–Crippen MR) is 77.8 cm³/mol. The number of halogens is 1. The third-order valence-corrected chi connectivity index (χ3v) is 2.88. The van der Waals surface area contributed by atoms with Gasteiger partial charge in [-0.15, -0.1) is 0 Å². The number of methoxy groups -OCH3 is 1. The zero-order valence-electron chi connectivity index (χ0n) is 11.6. The van der Waals surface area contributed by atoms with Crippen LogP contribution in [0.5, 0.6) is 11.5 Å². The summed E-state index contributed by atoms with van der Waals surface area (Å²) in [6.07, 6.45) is 0. The number of hydrogen-bond acceptors (Lipinski definition) is 4. The van der Waals surface area contributed by atoms with Crippen molar-refractivity contribution in [2.75, 3.05) is 19.0 Å². The first-order valence-corrected chi connectivity index (χ1v) is 6.39. The first-order valence-electron chi connectivity index (χ1n) is 6.39. The quantitative estimate of drug-likeness (QED) is 0.884. The third kappa shape index (κ3) is 4.11. The lowest BCUT2D eigenvalue weighted by molar-refractivity contribution is 0.368. The van der Waals surface area contributed by atoms with Gasteiger partial charge in [0, 0.05) is 18.3 Å². The minimum atomic E-state index is -0.400. The van der Waals surface area contributed by atoms with Gasteiger partial charge in [-0.3, -0.25) is 0 Å². The summed E-state index contributed by atoms with van der Waals surface area (Å²) in [5.41, 5.74) is 1.70. The maximum absolute atomic E-state index is 13.5. The van der Waals surface area contributed by atoms with Crippen LogP contribution in [0.25, 0.3) is 0 Å². The molecule has 0 atom stereocenters. The molecule has 4 nitrogen and oxygen atoms in total. The molecule has 0 bridgehead atoms. The number of ether oxygens (including phenoxy) is 2. The van der Waals surface area contributed by atoms with E-state index in [-0.39, 0.29) is 12.4 Å². The molecule has 5 heteroatoms. The third-order valence-electron chi connectivity index (χ3n) is 2.88. The first kappa shape index (κ1) is 14.7. The zero-order chi connectivity index (χ0) is 15.1. The average molecular weight is 286 g/mol.